The average molecular weight is 292 g/mol. The molecule has 3 heteroatoms. The van der Waals surface area contributed by atoms with Crippen molar-refractivity contribution in [1.29, 1.82) is 0 Å². The van der Waals surface area contributed by atoms with Crippen LogP contribution in [0, 0.1) is 5.92 Å². The monoisotopic (exact) mass is 292 g/mol. The molecule has 118 valence electrons. The number of hydrogen-bond acceptors (Lipinski definition) is 1. The standard InChI is InChI=1S/C16H23FN2.C2H6/c1-6-15-18-16-13(17)9-12(10(2)3)7-8-14(16)19(15)11(4)5;1-2/h8-11H,6-7H2,1-5H3;1-2H3. The molecule has 0 saturated heterocycles. The van der Waals surface area contributed by atoms with E-state index in [-0.39, 0.29) is 5.83 Å². The zero-order valence-corrected chi connectivity index (χ0v) is 14.5. The van der Waals surface area contributed by atoms with Crippen LogP contribution in [0.15, 0.2) is 11.6 Å². The summed E-state index contributed by atoms with van der Waals surface area (Å²) in [6.07, 6.45) is 5.43. The van der Waals surface area contributed by atoms with Crippen molar-refractivity contribution in [3.05, 3.63) is 28.2 Å². The molecule has 0 bridgehead atoms. The molecular weight excluding hydrogens is 263 g/mol. The number of nitrogens with zero attached hydrogens (tertiary/aromatic N) is 2. The fourth-order valence-electron chi connectivity index (χ4n) is 2.60. The molecule has 0 amide bonds. The van der Waals surface area contributed by atoms with Gasteiger partial charge in [-0.25, -0.2) is 9.37 Å². The first kappa shape index (κ1) is 17.7. The van der Waals surface area contributed by atoms with Crippen molar-refractivity contribution >= 4 is 11.9 Å². The smallest absolute Gasteiger partial charge is 0.150 e. The molecule has 0 fully saturated rings. The van der Waals surface area contributed by atoms with Crippen LogP contribution >= 0.6 is 0 Å². The number of fused-ring (bicyclic) bond motifs is 1. The Morgan fingerprint density at radius 3 is 2.33 bits per heavy atom. The van der Waals surface area contributed by atoms with Gasteiger partial charge in [0.2, 0.25) is 0 Å². The summed E-state index contributed by atoms with van der Waals surface area (Å²) in [5.41, 5.74) is 1.13. The molecular formula is C18H29FN2. The Kier molecular flexibility index (Phi) is 6.38. The second-order valence-electron chi connectivity index (χ2n) is 5.71. The number of imidazole rings is 1. The molecule has 0 unspecified atom stereocenters. The lowest BCUT2D eigenvalue weighted by molar-refractivity contribution is 0.558. The van der Waals surface area contributed by atoms with E-state index in [4.69, 9.17) is 0 Å². The van der Waals surface area contributed by atoms with E-state index in [2.05, 4.69) is 50.2 Å². The molecule has 0 radical (unpaired) electrons. The van der Waals surface area contributed by atoms with Gasteiger partial charge in [-0.15, -0.1) is 0 Å². The van der Waals surface area contributed by atoms with E-state index in [1.807, 2.05) is 13.8 Å². The molecule has 1 heterocycles. The molecule has 21 heavy (non-hydrogen) atoms. The molecule has 0 saturated carbocycles. The molecule has 1 aliphatic rings. The Balaban J connectivity index is 0.00000106. The van der Waals surface area contributed by atoms with Crippen molar-refractivity contribution in [2.24, 2.45) is 5.92 Å². The summed E-state index contributed by atoms with van der Waals surface area (Å²) in [6, 6.07) is 0.302. The number of rotatable bonds is 3. The first-order chi connectivity index (χ1) is 9.95. The van der Waals surface area contributed by atoms with Crippen LogP contribution in [0.2, 0.25) is 0 Å². The second-order valence-corrected chi connectivity index (χ2v) is 5.71. The van der Waals surface area contributed by atoms with Gasteiger partial charge in [-0.3, -0.25) is 0 Å². The summed E-state index contributed by atoms with van der Waals surface area (Å²) in [7, 11) is 0. The number of halogens is 1. The highest BCUT2D eigenvalue weighted by molar-refractivity contribution is 5.53. The summed E-state index contributed by atoms with van der Waals surface area (Å²) in [5, 5.41) is 1.46. The normalized spacial score (nSPS) is 14.2. The maximum atomic E-state index is 14.4. The van der Waals surface area contributed by atoms with Gasteiger partial charge in [-0.05, 0) is 32.3 Å². The summed E-state index contributed by atoms with van der Waals surface area (Å²) >= 11 is 0. The lowest BCUT2D eigenvalue weighted by Crippen LogP contribution is -2.32. The van der Waals surface area contributed by atoms with Gasteiger partial charge in [-0.1, -0.05) is 46.3 Å². The lowest BCUT2D eigenvalue weighted by atomic mass is 10.00. The number of aryl methyl sites for hydroxylation is 1. The predicted molar refractivity (Wildman–Crippen MR) is 89.1 cm³/mol. The molecule has 0 atom stereocenters. The quantitative estimate of drug-likeness (QED) is 0.826. The largest absolute Gasteiger partial charge is 0.326 e. The number of allylic oxidation sites excluding steroid dienone is 2. The highest BCUT2D eigenvalue weighted by atomic mass is 19.1. The predicted octanol–water partition coefficient (Wildman–Crippen LogP) is 3.90. The van der Waals surface area contributed by atoms with E-state index >= 15 is 0 Å². The summed E-state index contributed by atoms with van der Waals surface area (Å²) < 4.78 is 16.5. The SMILES string of the molecule is CC.CCc1nc2c(n1C(C)C)=CCC(C(C)C)=CC=2F. The fourth-order valence-corrected chi connectivity index (χ4v) is 2.60. The highest BCUT2D eigenvalue weighted by Crippen LogP contribution is 2.19. The van der Waals surface area contributed by atoms with E-state index in [1.54, 1.807) is 6.08 Å². The van der Waals surface area contributed by atoms with Crippen LogP contribution in [0.25, 0.3) is 11.9 Å². The van der Waals surface area contributed by atoms with Crippen molar-refractivity contribution in [3.8, 4) is 0 Å². The zero-order valence-electron chi connectivity index (χ0n) is 14.5. The molecule has 1 aliphatic carbocycles. The minimum absolute atomic E-state index is 0.193. The third-order valence-electron chi connectivity index (χ3n) is 3.66. The van der Waals surface area contributed by atoms with E-state index < -0.39 is 0 Å². The van der Waals surface area contributed by atoms with Gasteiger partial charge >= 0.3 is 0 Å². The lowest BCUT2D eigenvalue weighted by Gasteiger charge is -2.11. The maximum absolute atomic E-state index is 14.4. The van der Waals surface area contributed by atoms with E-state index in [0.717, 1.165) is 29.6 Å². The van der Waals surface area contributed by atoms with Gasteiger partial charge in [0.15, 0.2) is 5.83 Å². The Labute approximate surface area is 128 Å². The van der Waals surface area contributed by atoms with Crippen molar-refractivity contribution < 1.29 is 4.39 Å². The minimum atomic E-state index is -0.193. The number of aromatic nitrogens is 2. The van der Waals surface area contributed by atoms with Crippen molar-refractivity contribution in [1.82, 2.24) is 9.55 Å². The minimum Gasteiger partial charge on any atom is -0.326 e. The second kappa shape index (κ2) is 7.58. The average Bonchev–Trinajstić information content (AvgIpc) is 2.76. The molecule has 0 N–H and O–H groups in total. The van der Waals surface area contributed by atoms with Gasteiger partial charge in [0.25, 0.3) is 0 Å². The molecule has 0 aromatic carbocycles. The van der Waals surface area contributed by atoms with Crippen LogP contribution in [0.3, 0.4) is 0 Å². The topological polar surface area (TPSA) is 17.8 Å². The van der Waals surface area contributed by atoms with Crippen molar-refractivity contribution in [2.75, 3.05) is 0 Å². The Morgan fingerprint density at radius 2 is 1.86 bits per heavy atom. The summed E-state index contributed by atoms with van der Waals surface area (Å²) in [4.78, 5) is 4.50. The van der Waals surface area contributed by atoms with E-state index in [9.17, 15) is 4.39 Å². The van der Waals surface area contributed by atoms with Crippen molar-refractivity contribution in [3.63, 3.8) is 0 Å². The molecule has 0 aliphatic heterocycles. The highest BCUT2D eigenvalue weighted by Gasteiger charge is 2.15. The Hall–Kier alpha value is -1.38. The molecule has 1 aromatic heterocycles. The van der Waals surface area contributed by atoms with Crippen LogP contribution in [0.5, 0.6) is 0 Å². The third kappa shape index (κ3) is 3.63. The van der Waals surface area contributed by atoms with E-state index in [1.165, 1.54) is 0 Å². The maximum Gasteiger partial charge on any atom is 0.150 e. The van der Waals surface area contributed by atoms with Crippen LogP contribution < -0.4 is 10.7 Å². The van der Waals surface area contributed by atoms with Crippen LogP contribution in [-0.4, -0.2) is 9.55 Å². The van der Waals surface area contributed by atoms with Crippen molar-refractivity contribution in [2.45, 2.75) is 67.3 Å². The van der Waals surface area contributed by atoms with Gasteiger partial charge < -0.3 is 4.57 Å². The Bertz CT molecular complexity index is 618. The summed E-state index contributed by atoms with van der Waals surface area (Å²) in [6.45, 7) is 14.5. The summed E-state index contributed by atoms with van der Waals surface area (Å²) in [5.74, 6) is 1.14. The van der Waals surface area contributed by atoms with E-state index in [0.29, 0.717) is 17.3 Å². The van der Waals surface area contributed by atoms with Gasteiger partial charge in [-0.2, -0.15) is 0 Å². The van der Waals surface area contributed by atoms with Crippen LogP contribution in [-0.2, 0) is 6.42 Å². The van der Waals surface area contributed by atoms with Crippen LogP contribution in [0.1, 0.15) is 66.8 Å². The van der Waals surface area contributed by atoms with Gasteiger partial charge in [0.05, 0.1) is 5.35 Å². The van der Waals surface area contributed by atoms with Crippen LogP contribution in [0.4, 0.5) is 4.39 Å². The molecule has 2 rings (SSSR count). The fraction of sp³-hybridized carbons (Fsp3) is 0.611. The van der Waals surface area contributed by atoms with Gasteiger partial charge in [0.1, 0.15) is 11.2 Å². The molecule has 2 nitrogen and oxygen atoms in total. The van der Waals surface area contributed by atoms with Gasteiger partial charge in [0, 0.05) is 12.5 Å². The Morgan fingerprint density at radius 1 is 1.24 bits per heavy atom. The number of hydrogen-bond donors (Lipinski definition) is 0. The first-order valence-electron chi connectivity index (χ1n) is 8.13. The molecule has 0 spiro atoms. The zero-order chi connectivity index (χ0) is 16.2. The third-order valence-corrected chi connectivity index (χ3v) is 3.66. The first-order valence-corrected chi connectivity index (χ1v) is 8.13. The molecule has 1 aromatic rings.